The second-order valence-electron chi connectivity index (χ2n) is 2.43. The Morgan fingerprint density at radius 2 is 2.14 bits per heavy atom. The zero-order chi connectivity index (χ0) is 11.0. The summed E-state index contributed by atoms with van der Waals surface area (Å²) in [6, 6.07) is 6.23. The predicted molar refractivity (Wildman–Crippen MR) is 61.3 cm³/mol. The van der Waals surface area contributed by atoms with Crippen LogP contribution in [0.2, 0.25) is 5.02 Å². The molecule has 0 saturated carbocycles. The fourth-order valence-electron chi connectivity index (χ4n) is 0.930. The second kappa shape index (κ2) is 7.71. The lowest BCUT2D eigenvalue weighted by Gasteiger charge is -2.01. The summed E-state index contributed by atoms with van der Waals surface area (Å²) in [5.74, 6) is 0. The van der Waals surface area contributed by atoms with Gasteiger partial charge < -0.3 is 5.11 Å². The van der Waals surface area contributed by atoms with Gasteiger partial charge in [-0.15, -0.1) is 11.8 Å². The lowest BCUT2D eigenvalue weighted by Crippen LogP contribution is -1.80. The first-order valence-electron chi connectivity index (χ1n) is 4.09. The van der Waals surface area contributed by atoms with E-state index in [1.54, 1.807) is 11.8 Å². The van der Waals surface area contributed by atoms with E-state index in [1.165, 1.54) is 5.56 Å². The smallest absolute Gasteiger partial charge is 0.290 e. The lowest BCUT2D eigenvalue weighted by molar-refractivity contribution is -0.122. The topological polar surface area (TPSA) is 37.3 Å². The van der Waals surface area contributed by atoms with Gasteiger partial charge in [-0.1, -0.05) is 24.6 Å². The number of halogens is 1. The van der Waals surface area contributed by atoms with E-state index in [9.17, 15) is 0 Å². The zero-order valence-corrected chi connectivity index (χ0v) is 9.73. The molecule has 0 radical (unpaired) electrons. The normalized spacial score (nSPS) is 8.79. The highest BCUT2D eigenvalue weighted by Gasteiger charge is 1.98. The molecule has 0 amide bonds. The van der Waals surface area contributed by atoms with Crippen molar-refractivity contribution in [3.8, 4) is 0 Å². The molecule has 1 aromatic rings. The summed E-state index contributed by atoms with van der Waals surface area (Å²) in [6.07, 6.45) is 3.08. The monoisotopic (exact) mass is 232 g/mol. The fraction of sp³-hybridized carbons (Fsp3) is 0.300. The van der Waals surface area contributed by atoms with Gasteiger partial charge in [0.1, 0.15) is 0 Å². The van der Waals surface area contributed by atoms with E-state index >= 15 is 0 Å². The van der Waals surface area contributed by atoms with Crippen LogP contribution in [0.4, 0.5) is 0 Å². The first-order valence-corrected chi connectivity index (χ1v) is 5.70. The van der Waals surface area contributed by atoms with E-state index in [4.69, 9.17) is 21.5 Å². The number of benzene rings is 1. The molecule has 1 aromatic carbocycles. The molecule has 0 bridgehead atoms. The highest BCUT2D eigenvalue weighted by molar-refractivity contribution is 7.98. The summed E-state index contributed by atoms with van der Waals surface area (Å²) in [7, 11) is 0. The first kappa shape index (κ1) is 13.3. The van der Waals surface area contributed by atoms with Gasteiger partial charge >= 0.3 is 0 Å². The van der Waals surface area contributed by atoms with Crippen molar-refractivity contribution in [3.05, 3.63) is 28.8 Å². The van der Waals surface area contributed by atoms with E-state index in [0.29, 0.717) is 0 Å². The summed E-state index contributed by atoms with van der Waals surface area (Å²) in [5, 5.41) is 7.76. The Hall–Kier alpha value is -0.670. The van der Waals surface area contributed by atoms with Crippen LogP contribution in [0.15, 0.2) is 23.1 Å². The van der Waals surface area contributed by atoms with E-state index in [-0.39, 0.29) is 6.47 Å². The third-order valence-corrected chi connectivity index (χ3v) is 2.85. The van der Waals surface area contributed by atoms with Crippen molar-refractivity contribution >= 4 is 29.8 Å². The molecular formula is C10H13ClO2S. The molecule has 2 nitrogen and oxygen atoms in total. The van der Waals surface area contributed by atoms with Gasteiger partial charge in [0.05, 0.1) is 5.02 Å². The van der Waals surface area contributed by atoms with Crippen LogP contribution in [0.1, 0.15) is 12.5 Å². The molecule has 0 atom stereocenters. The Labute approximate surface area is 93.3 Å². The lowest BCUT2D eigenvalue weighted by atomic mass is 10.2. The fourth-order valence-corrected chi connectivity index (χ4v) is 1.82. The van der Waals surface area contributed by atoms with E-state index in [2.05, 4.69) is 19.1 Å². The van der Waals surface area contributed by atoms with Gasteiger partial charge in [0.2, 0.25) is 0 Å². The summed E-state index contributed by atoms with van der Waals surface area (Å²) in [5.41, 5.74) is 1.30. The predicted octanol–water partition coefficient (Wildman–Crippen LogP) is 3.33. The number of thioether (sulfide) groups is 1. The Bertz CT molecular complexity index is 289. The third-order valence-electron chi connectivity index (χ3n) is 1.62. The molecule has 0 aliphatic carbocycles. The average molecular weight is 233 g/mol. The number of carboxylic acid groups (broad SMARTS) is 1. The molecule has 0 aromatic heterocycles. The van der Waals surface area contributed by atoms with Crippen molar-refractivity contribution in [2.75, 3.05) is 6.26 Å². The molecule has 0 saturated heterocycles. The Kier molecular flexibility index (Phi) is 7.34. The van der Waals surface area contributed by atoms with Crippen molar-refractivity contribution < 1.29 is 9.90 Å². The zero-order valence-electron chi connectivity index (χ0n) is 8.16. The maximum atomic E-state index is 8.36. The molecule has 1 rings (SSSR count). The standard InChI is InChI=1S/C9H11ClS.CH2O2/c1-3-7-4-5-9(11-2)8(10)6-7;2-1-3/h4-6H,3H2,1-2H3;1H,(H,2,3). The molecular weight excluding hydrogens is 220 g/mol. The van der Waals surface area contributed by atoms with Crippen molar-refractivity contribution in [3.63, 3.8) is 0 Å². The van der Waals surface area contributed by atoms with Crippen LogP contribution in [0.5, 0.6) is 0 Å². The van der Waals surface area contributed by atoms with Crippen LogP contribution in [0, 0.1) is 0 Å². The van der Waals surface area contributed by atoms with Crippen LogP contribution >= 0.6 is 23.4 Å². The molecule has 0 spiro atoms. The third kappa shape index (κ3) is 4.53. The maximum Gasteiger partial charge on any atom is 0.290 e. The summed E-state index contributed by atoms with van der Waals surface area (Å²) in [4.78, 5) is 9.52. The second-order valence-corrected chi connectivity index (χ2v) is 3.68. The molecule has 4 heteroatoms. The molecule has 0 aliphatic rings. The molecule has 0 heterocycles. The molecule has 1 N–H and O–H groups in total. The average Bonchev–Trinajstić information content (AvgIpc) is 2.19. The summed E-state index contributed by atoms with van der Waals surface area (Å²) < 4.78 is 0. The Balaban J connectivity index is 0.000000500. The minimum Gasteiger partial charge on any atom is -0.483 e. The van der Waals surface area contributed by atoms with E-state index < -0.39 is 0 Å². The van der Waals surface area contributed by atoms with Gasteiger partial charge in [0.15, 0.2) is 0 Å². The van der Waals surface area contributed by atoms with Gasteiger partial charge in [-0.25, -0.2) is 0 Å². The highest BCUT2D eigenvalue weighted by atomic mass is 35.5. The molecule has 0 unspecified atom stereocenters. The molecule has 14 heavy (non-hydrogen) atoms. The summed E-state index contributed by atoms with van der Waals surface area (Å²) >= 11 is 7.67. The maximum absolute atomic E-state index is 8.36. The minimum absolute atomic E-state index is 0.250. The van der Waals surface area contributed by atoms with Gasteiger partial charge in [-0.05, 0) is 30.4 Å². The van der Waals surface area contributed by atoms with Gasteiger partial charge in [0.25, 0.3) is 6.47 Å². The number of carbonyl (C=O) groups is 1. The Morgan fingerprint density at radius 1 is 1.57 bits per heavy atom. The minimum atomic E-state index is -0.250. The molecule has 0 fully saturated rings. The van der Waals surface area contributed by atoms with Crippen LogP contribution in [0.25, 0.3) is 0 Å². The van der Waals surface area contributed by atoms with Crippen LogP contribution in [-0.2, 0) is 11.2 Å². The van der Waals surface area contributed by atoms with Gasteiger partial charge in [-0.2, -0.15) is 0 Å². The number of rotatable bonds is 2. The van der Waals surface area contributed by atoms with E-state index in [1.807, 2.05) is 12.3 Å². The van der Waals surface area contributed by atoms with Crippen molar-refractivity contribution in [1.29, 1.82) is 0 Å². The van der Waals surface area contributed by atoms with Crippen LogP contribution < -0.4 is 0 Å². The van der Waals surface area contributed by atoms with Crippen molar-refractivity contribution in [2.45, 2.75) is 18.2 Å². The quantitative estimate of drug-likeness (QED) is 0.628. The Morgan fingerprint density at radius 3 is 2.50 bits per heavy atom. The number of hydrogen-bond acceptors (Lipinski definition) is 2. The SMILES string of the molecule is CCc1ccc(SC)c(Cl)c1.O=CO. The van der Waals surface area contributed by atoms with Gasteiger partial charge in [0, 0.05) is 4.90 Å². The highest BCUT2D eigenvalue weighted by Crippen LogP contribution is 2.25. The van der Waals surface area contributed by atoms with Crippen LogP contribution in [0.3, 0.4) is 0 Å². The van der Waals surface area contributed by atoms with Gasteiger partial charge in [-0.3, -0.25) is 4.79 Å². The van der Waals surface area contributed by atoms with Crippen molar-refractivity contribution in [2.24, 2.45) is 0 Å². The van der Waals surface area contributed by atoms with Crippen molar-refractivity contribution in [1.82, 2.24) is 0 Å². The summed E-state index contributed by atoms with van der Waals surface area (Å²) in [6.45, 7) is 1.88. The molecule has 78 valence electrons. The number of hydrogen-bond donors (Lipinski definition) is 1. The van der Waals surface area contributed by atoms with Crippen LogP contribution in [-0.4, -0.2) is 17.8 Å². The van der Waals surface area contributed by atoms with E-state index in [0.717, 1.165) is 16.3 Å². The first-order chi connectivity index (χ1) is 6.69. The molecule has 0 aliphatic heterocycles. The number of aryl methyl sites for hydroxylation is 1. The largest absolute Gasteiger partial charge is 0.483 e.